The van der Waals surface area contributed by atoms with E-state index in [0.717, 1.165) is 61.4 Å². The average molecular weight is 447 g/mol. The van der Waals surface area contributed by atoms with Crippen molar-refractivity contribution in [3.63, 3.8) is 0 Å². The molecule has 4 aromatic rings. The molecule has 0 amide bonds. The van der Waals surface area contributed by atoms with Gasteiger partial charge in [0.1, 0.15) is 0 Å². The Balaban J connectivity index is 1.34. The molecular formula is C25H27ClN6. The highest BCUT2D eigenvalue weighted by Crippen LogP contribution is 2.32. The van der Waals surface area contributed by atoms with Crippen LogP contribution in [0.4, 0.5) is 11.6 Å². The molecular weight excluding hydrogens is 420 g/mol. The summed E-state index contributed by atoms with van der Waals surface area (Å²) in [6, 6.07) is 16.6. The molecule has 5 rings (SSSR count). The van der Waals surface area contributed by atoms with Gasteiger partial charge in [0.15, 0.2) is 0 Å². The second kappa shape index (κ2) is 9.28. The lowest BCUT2D eigenvalue weighted by atomic mass is 10.1. The quantitative estimate of drug-likeness (QED) is 0.428. The minimum atomic E-state index is 0.528. The Morgan fingerprint density at radius 1 is 1.03 bits per heavy atom. The summed E-state index contributed by atoms with van der Waals surface area (Å²) < 4.78 is 0. The number of likely N-dealkylation sites (N-methyl/N-ethyl adjacent to an activating group) is 1. The summed E-state index contributed by atoms with van der Waals surface area (Å²) in [6.45, 7) is 8.82. The molecule has 2 N–H and O–H groups in total. The monoisotopic (exact) mass is 446 g/mol. The first kappa shape index (κ1) is 20.9. The molecule has 0 saturated carbocycles. The van der Waals surface area contributed by atoms with Gasteiger partial charge in [-0.05, 0) is 30.3 Å². The largest absolute Gasteiger partial charge is 0.360 e. The zero-order valence-corrected chi connectivity index (χ0v) is 18.9. The number of nitrogens with one attached hydrogen (secondary N) is 2. The maximum absolute atomic E-state index is 6.47. The summed E-state index contributed by atoms with van der Waals surface area (Å²) in [5.74, 6) is 0.531. The zero-order valence-electron chi connectivity index (χ0n) is 18.2. The van der Waals surface area contributed by atoms with E-state index < -0.39 is 0 Å². The fourth-order valence-electron chi connectivity index (χ4n) is 4.28. The van der Waals surface area contributed by atoms with Crippen LogP contribution in [0.25, 0.3) is 22.2 Å². The number of nitrogens with zero attached hydrogens (tertiary/aromatic N) is 4. The van der Waals surface area contributed by atoms with Gasteiger partial charge in [0.2, 0.25) is 5.95 Å². The Hall–Kier alpha value is -2.93. The second-order valence-electron chi connectivity index (χ2n) is 8.17. The van der Waals surface area contributed by atoms with Crippen molar-refractivity contribution in [1.82, 2.24) is 24.8 Å². The standard InChI is InChI=1S/C25H27ClN6/c1-2-31-10-12-32(13-11-31)17-18-6-5-7-19(14-18)29-25-28-16-22(26)24(30-25)21-15-27-23-9-4-3-8-20(21)23/h3-9,14-16,27H,2,10-13,17H2,1H3,(H,28,29,30). The Bertz CT molecular complexity index is 1210. The summed E-state index contributed by atoms with van der Waals surface area (Å²) in [5, 5.41) is 4.97. The van der Waals surface area contributed by atoms with Crippen molar-refractivity contribution in [3.05, 3.63) is 71.5 Å². The molecule has 1 fully saturated rings. The van der Waals surface area contributed by atoms with Crippen molar-refractivity contribution in [1.29, 1.82) is 0 Å². The number of aromatic amines is 1. The van der Waals surface area contributed by atoms with E-state index in [0.29, 0.717) is 16.7 Å². The highest BCUT2D eigenvalue weighted by Gasteiger charge is 2.16. The zero-order chi connectivity index (χ0) is 21.9. The van der Waals surface area contributed by atoms with E-state index >= 15 is 0 Å². The fourth-order valence-corrected chi connectivity index (χ4v) is 4.47. The van der Waals surface area contributed by atoms with Crippen LogP contribution in [0.3, 0.4) is 0 Å². The Morgan fingerprint density at radius 3 is 2.69 bits per heavy atom. The lowest BCUT2D eigenvalue weighted by Crippen LogP contribution is -2.45. The molecule has 0 unspecified atom stereocenters. The molecule has 7 heteroatoms. The number of piperazine rings is 1. The summed E-state index contributed by atoms with van der Waals surface area (Å²) in [6.07, 6.45) is 3.60. The third-order valence-corrected chi connectivity index (χ3v) is 6.37. The molecule has 1 aliphatic heterocycles. The van der Waals surface area contributed by atoms with Gasteiger partial charge in [-0.25, -0.2) is 9.97 Å². The van der Waals surface area contributed by atoms with Gasteiger partial charge in [-0.2, -0.15) is 0 Å². The molecule has 2 aromatic heterocycles. The molecule has 2 aromatic carbocycles. The summed E-state index contributed by atoms with van der Waals surface area (Å²) in [7, 11) is 0. The third-order valence-electron chi connectivity index (χ3n) is 6.09. The number of anilines is 2. The van der Waals surface area contributed by atoms with Crippen LogP contribution in [0.2, 0.25) is 5.02 Å². The maximum Gasteiger partial charge on any atom is 0.227 e. The molecule has 3 heterocycles. The average Bonchev–Trinajstić information content (AvgIpc) is 3.25. The van der Waals surface area contributed by atoms with Gasteiger partial charge in [0.05, 0.1) is 16.9 Å². The first-order valence-electron chi connectivity index (χ1n) is 11.1. The molecule has 164 valence electrons. The predicted octanol–water partition coefficient (Wildman–Crippen LogP) is 5.16. The van der Waals surface area contributed by atoms with E-state index in [4.69, 9.17) is 16.6 Å². The van der Waals surface area contributed by atoms with E-state index in [1.165, 1.54) is 5.56 Å². The first-order valence-corrected chi connectivity index (χ1v) is 11.5. The highest BCUT2D eigenvalue weighted by atomic mass is 35.5. The Morgan fingerprint density at radius 2 is 1.84 bits per heavy atom. The normalized spacial score (nSPS) is 15.3. The van der Waals surface area contributed by atoms with Crippen LogP contribution in [0.5, 0.6) is 0 Å². The lowest BCUT2D eigenvalue weighted by molar-refractivity contribution is 0.132. The number of hydrogen-bond donors (Lipinski definition) is 2. The number of halogens is 1. The molecule has 0 radical (unpaired) electrons. The Kier molecular flexibility index (Phi) is 6.08. The molecule has 1 aliphatic rings. The molecule has 6 nitrogen and oxygen atoms in total. The minimum Gasteiger partial charge on any atom is -0.360 e. The fraction of sp³-hybridized carbons (Fsp3) is 0.280. The second-order valence-corrected chi connectivity index (χ2v) is 8.58. The summed E-state index contributed by atoms with van der Waals surface area (Å²) >= 11 is 6.47. The van der Waals surface area contributed by atoms with Gasteiger partial charge >= 0.3 is 0 Å². The van der Waals surface area contributed by atoms with Crippen molar-refractivity contribution in [3.8, 4) is 11.3 Å². The number of H-pyrrole nitrogens is 1. The van der Waals surface area contributed by atoms with E-state index in [1.54, 1.807) is 6.20 Å². The molecule has 0 spiro atoms. The van der Waals surface area contributed by atoms with Crippen LogP contribution < -0.4 is 5.32 Å². The van der Waals surface area contributed by atoms with Gasteiger partial charge in [0, 0.05) is 61.1 Å². The van der Waals surface area contributed by atoms with Gasteiger partial charge in [-0.15, -0.1) is 0 Å². The van der Waals surface area contributed by atoms with Crippen molar-refractivity contribution >= 4 is 34.1 Å². The van der Waals surface area contributed by atoms with Crippen LogP contribution in [-0.4, -0.2) is 57.5 Å². The molecule has 0 aliphatic carbocycles. The summed E-state index contributed by atoms with van der Waals surface area (Å²) in [5.41, 5.74) is 4.99. The maximum atomic E-state index is 6.47. The van der Waals surface area contributed by atoms with E-state index in [1.807, 2.05) is 30.5 Å². The molecule has 32 heavy (non-hydrogen) atoms. The van der Waals surface area contributed by atoms with Crippen molar-refractivity contribution in [2.24, 2.45) is 0 Å². The number of hydrogen-bond acceptors (Lipinski definition) is 5. The van der Waals surface area contributed by atoms with E-state index in [2.05, 4.69) is 56.3 Å². The lowest BCUT2D eigenvalue weighted by Gasteiger charge is -2.34. The smallest absolute Gasteiger partial charge is 0.227 e. The molecule has 0 atom stereocenters. The number of para-hydroxylation sites is 1. The van der Waals surface area contributed by atoms with Crippen LogP contribution >= 0.6 is 11.6 Å². The molecule has 0 bridgehead atoms. The van der Waals surface area contributed by atoms with Gasteiger partial charge < -0.3 is 15.2 Å². The van der Waals surface area contributed by atoms with E-state index in [9.17, 15) is 0 Å². The van der Waals surface area contributed by atoms with Gasteiger partial charge in [0.25, 0.3) is 0 Å². The SMILES string of the molecule is CCN1CCN(Cc2cccc(Nc3ncc(Cl)c(-c4c[nH]c5ccccc45)n3)c2)CC1. The van der Waals surface area contributed by atoms with Crippen LogP contribution in [-0.2, 0) is 6.54 Å². The third kappa shape index (κ3) is 4.48. The number of aromatic nitrogens is 3. The van der Waals surface area contributed by atoms with Crippen molar-refractivity contribution in [2.75, 3.05) is 38.0 Å². The minimum absolute atomic E-state index is 0.528. The predicted molar refractivity (Wildman–Crippen MR) is 131 cm³/mol. The number of fused-ring (bicyclic) bond motifs is 1. The summed E-state index contributed by atoms with van der Waals surface area (Å²) in [4.78, 5) is 17.4. The first-order chi connectivity index (χ1) is 15.7. The van der Waals surface area contributed by atoms with Crippen LogP contribution in [0.1, 0.15) is 12.5 Å². The van der Waals surface area contributed by atoms with E-state index in [-0.39, 0.29) is 0 Å². The van der Waals surface area contributed by atoms with Crippen molar-refractivity contribution < 1.29 is 0 Å². The van der Waals surface area contributed by atoms with Crippen molar-refractivity contribution in [2.45, 2.75) is 13.5 Å². The van der Waals surface area contributed by atoms with Crippen LogP contribution in [0, 0.1) is 0 Å². The van der Waals surface area contributed by atoms with Crippen LogP contribution in [0.15, 0.2) is 60.9 Å². The molecule has 1 saturated heterocycles. The van der Waals surface area contributed by atoms with Gasteiger partial charge in [-0.3, -0.25) is 4.90 Å². The topological polar surface area (TPSA) is 60.1 Å². The van der Waals surface area contributed by atoms with Gasteiger partial charge in [-0.1, -0.05) is 48.9 Å². The number of rotatable bonds is 6. The Labute approximate surface area is 193 Å². The highest BCUT2D eigenvalue weighted by molar-refractivity contribution is 6.33. The number of benzene rings is 2.